The fraction of sp³-hybridized carbons (Fsp3) is 0.0417. The summed E-state index contributed by atoms with van der Waals surface area (Å²) in [4.78, 5) is 5.19. The zero-order chi connectivity index (χ0) is 34.1. The molecule has 0 N–H and O–H groups in total. The largest absolute Gasteiger partial charge is 0.455 e. The van der Waals surface area contributed by atoms with E-state index < -0.39 is 10.0 Å². The number of furan rings is 1. The molecule has 0 fully saturated rings. The highest BCUT2D eigenvalue weighted by Crippen LogP contribution is 2.69. The minimum absolute atomic E-state index is 0.940. The van der Waals surface area contributed by atoms with E-state index in [-0.39, 0.29) is 0 Å². The Bertz CT molecular complexity index is 2770. The van der Waals surface area contributed by atoms with E-state index in [1.54, 1.807) is 0 Å². The fourth-order valence-electron chi connectivity index (χ4n) is 8.02. The zero-order valence-corrected chi connectivity index (χ0v) is 29.3. The van der Waals surface area contributed by atoms with Crippen LogP contribution in [0.1, 0.15) is 0 Å². The van der Waals surface area contributed by atoms with Crippen molar-refractivity contribution in [3.63, 3.8) is 0 Å². The van der Waals surface area contributed by atoms with E-state index in [0.29, 0.717) is 0 Å². The highest BCUT2D eigenvalue weighted by atomic mass is 32.3. The van der Waals surface area contributed by atoms with E-state index >= 15 is 0 Å². The third-order valence-electron chi connectivity index (χ3n) is 10.5. The maximum atomic E-state index is 6.59. The van der Waals surface area contributed by atoms with Crippen molar-refractivity contribution in [1.82, 2.24) is 0 Å². The van der Waals surface area contributed by atoms with Gasteiger partial charge in [-0.3, -0.25) is 0 Å². The first-order valence-corrected chi connectivity index (χ1v) is 19.9. The third-order valence-corrected chi connectivity index (χ3v) is 13.4. The van der Waals surface area contributed by atoms with Gasteiger partial charge in [-0.1, -0.05) is 121 Å². The van der Waals surface area contributed by atoms with Gasteiger partial charge < -0.3 is 9.32 Å². The zero-order valence-electron chi connectivity index (χ0n) is 28.5. The second kappa shape index (κ2) is 11.5. The van der Waals surface area contributed by atoms with Gasteiger partial charge in [0.2, 0.25) is 0 Å². The standard InChI is InChI=1S/C48H35NOS/c1-51(2)45-29-28-42-41-19-8-9-21-44(41)50-48(42)47(45)43-27-26-38(31-46(43)51)49(37-17-10-16-35(30-37)32-12-4-3-5-13-32)36-24-22-34(23-25-36)40-20-11-15-33-14-6-7-18-39(33)40/h3-31H,1-2H3. The van der Waals surface area contributed by atoms with Gasteiger partial charge in [-0.25, -0.2) is 0 Å². The lowest BCUT2D eigenvalue weighted by atomic mass is 9.98. The van der Waals surface area contributed by atoms with Crippen molar-refractivity contribution in [2.45, 2.75) is 9.79 Å². The van der Waals surface area contributed by atoms with E-state index in [4.69, 9.17) is 4.42 Å². The van der Waals surface area contributed by atoms with E-state index in [1.165, 1.54) is 64.7 Å². The molecule has 3 heteroatoms. The average molecular weight is 674 g/mol. The molecule has 2 heterocycles. The number of para-hydroxylation sites is 1. The van der Waals surface area contributed by atoms with Crippen LogP contribution in [0.5, 0.6) is 0 Å². The van der Waals surface area contributed by atoms with Crippen LogP contribution in [0.2, 0.25) is 0 Å². The van der Waals surface area contributed by atoms with Crippen LogP contribution in [0.4, 0.5) is 17.1 Å². The summed E-state index contributed by atoms with van der Waals surface area (Å²) >= 11 is 0. The van der Waals surface area contributed by atoms with Crippen LogP contribution >= 0.6 is 10.0 Å². The third kappa shape index (κ3) is 4.73. The van der Waals surface area contributed by atoms with Crippen LogP contribution in [-0.2, 0) is 0 Å². The number of hydrogen-bond donors (Lipinski definition) is 0. The molecule has 0 saturated carbocycles. The predicted molar refractivity (Wildman–Crippen MR) is 218 cm³/mol. The molecule has 0 unspecified atom stereocenters. The van der Waals surface area contributed by atoms with Crippen molar-refractivity contribution in [2.75, 3.05) is 17.4 Å². The van der Waals surface area contributed by atoms with Gasteiger partial charge >= 0.3 is 0 Å². The van der Waals surface area contributed by atoms with Crippen LogP contribution in [0, 0.1) is 0 Å². The van der Waals surface area contributed by atoms with Crippen molar-refractivity contribution in [3.8, 4) is 33.4 Å². The summed E-state index contributed by atoms with van der Waals surface area (Å²) in [5.41, 5.74) is 12.7. The molecule has 0 radical (unpaired) electrons. The van der Waals surface area contributed by atoms with Crippen molar-refractivity contribution >= 4 is 59.8 Å². The van der Waals surface area contributed by atoms with Gasteiger partial charge in [0.1, 0.15) is 11.2 Å². The summed E-state index contributed by atoms with van der Waals surface area (Å²) in [6.45, 7) is 0. The predicted octanol–water partition coefficient (Wildman–Crippen LogP) is 14.0. The maximum Gasteiger partial charge on any atom is 0.144 e. The molecule has 244 valence electrons. The monoisotopic (exact) mass is 673 g/mol. The second-order valence-electron chi connectivity index (χ2n) is 13.7. The second-order valence-corrected chi connectivity index (χ2v) is 17.3. The first-order valence-electron chi connectivity index (χ1n) is 17.4. The summed E-state index contributed by atoms with van der Waals surface area (Å²) in [5.74, 6) is 0. The van der Waals surface area contributed by atoms with Crippen molar-refractivity contribution in [3.05, 3.63) is 176 Å². The number of rotatable bonds is 5. The van der Waals surface area contributed by atoms with Crippen LogP contribution < -0.4 is 4.90 Å². The topological polar surface area (TPSA) is 16.4 Å². The lowest BCUT2D eigenvalue weighted by molar-refractivity contribution is 0.669. The van der Waals surface area contributed by atoms with Gasteiger partial charge in [0, 0.05) is 43.2 Å². The van der Waals surface area contributed by atoms with Crippen LogP contribution in [0.25, 0.3) is 66.1 Å². The highest BCUT2D eigenvalue weighted by molar-refractivity contribution is 8.33. The minimum atomic E-state index is -1.32. The average Bonchev–Trinajstić information content (AvgIpc) is 3.67. The Morgan fingerprint density at radius 1 is 0.431 bits per heavy atom. The van der Waals surface area contributed by atoms with Gasteiger partial charge in [-0.05, 0) is 106 Å². The van der Waals surface area contributed by atoms with Gasteiger partial charge in [0.15, 0.2) is 0 Å². The quantitative estimate of drug-likeness (QED) is 0.181. The molecule has 0 spiro atoms. The number of hydrogen-bond acceptors (Lipinski definition) is 2. The molecule has 8 aromatic carbocycles. The molecule has 1 aliphatic heterocycles. The summed E-state index contributed by atoms with van der Waals surface area (Å²) < 4.78 is 6.59. The molecule has 2 nitrogen and oxygen atoms in total. The lowest BCUT2D eigenvalue weighted by Crippen LogP contribution is -2.10. The Hall–Kier alpha value is -6.03. The summed E-state index contributed by atoms with van der Waals surface area (Å²) in [6.07, 6.45) is 4.85. The van der Waals surface area contributed by atoms with E-state index in [9.17, 15) is 0 Å². The van der Waals surface area contributed by atoms with Crippen molar-refractivity contribution in [1.29, 1.82) is 0 Å². The van der Waals surface area contributed by atoms with Gasteiger partial charge in [0.05, 0.1) is 0 Å². The minimum Gasteiger partial charge on any atom is -0.455 e. The molecule has 0 aliphatic carbocycles. The van der Waals surface area contributed by atoms with Gasteiger partial charge in [0.25, 0.3) is 0 Å². The maximum absolute atomic E-state index is 6.59. The van der Waals surface area contributed by atoms with Gasteiger partial charge in [-0.2, -0.15) is 10.0 Å². The highest BCUT2D eigenvalue weighted by Gasteiger charge is 2.35. The van der Waals surface area contributed by atoms with Crippen molar-refractivity contribution < 1.29 is 4.42 Å². The number of benzene rings is 8. The Balaban J connectivity index is 1.14. The molecular formula is C48H35NOS. The van der Waals surface area contributed by atoms with Crippen LogP contribution in [-0.4, -0.2) is 12.5 Å². The van der Waals surface area contributed by atoms with E-state index in [2.05, 4.69) is 193 Å². The Morgan fingerprint density at radius 3 is 1.98 bits per heavy atom. The molecule has 0 atom stereocenters. The molecule has 0 saturated heterocycles. The molecular weight excluding hydrogens is 639 g/mol. The summed E-state index contributed by atoms with van der Waals surface area (Å²) in [5, 5.41) is 4.87. The first-order chi connectivity index (χ1) is 25.0. The summed E-state index contributed by atoms with van der Waals surface area (Å²) in [7, 11) is -1.32. The number of nitrogens with zero attached hydrogens (tertiary/aromatic N) is 1. The van der Waals surface area contributed by atoms with E-state index in [0.717, 1.165) is 28.2 Å². The molecule has 10 rings (SSSR count). The molecule has 1 aliphatic rings. The molecule has 0 bridgehead atoms. The molecule has 1 aromatic heterocycles. The van der Waals surface area contributed by atoms with Crippen molar-refractivity contribution in [2.24, 2.45) is 0 Å². The van der Waals surface area contributed by atoms with Crippen LogP contribution in [0.15, 0.2) is 190 Å². The SMILES string of the molecule is CS1(C)c2cc(N(c3ccc(-c4cccc5ccccc45)cc3)c3cccc(-c4ccccc4)c3)ccc2-c2c1ccc1c2oc2ccccc21. The van der Waals surface area contributed by atoms with E-state index in [1.807, 2.05) is 0 Å². The molecule has 0 amide bonds. The number of fused-ring (bicyclic) bond motifs is 8. The Kier molecular flexibility index (Phi) is 6.74. The Labute approximate surface area is 299 Å². The summed E-state index contributed by atoms with van der Waals surface area (Å²) in [6, 6.07) is 63.9. The normalized spacial score (nSPS) is 13.7. The number of anilines is 3. The fourth-order valence-corrected chi connectivity index (χ4v) is 10.5. The molecule has 51 heavy (non-hydrogen) atoms. The Morgan fingerprint density at radius 2 is 1.12 bits per heavy atom. The first kappa shape index (κ1) is 29.8. The van der Waals surface area contributed by atoms with Crippen LogP contribution in [0.3, 0.4) is 0 Å². The van der Waals surface area contributed by atoms with Gasteiger partial charge in [-0.15, -0.1) is 0 Å². The lowest BCUT2D eigenvalue weighted by Gasteiger charge is -2.31. The molecule has 9 aromatic rings. The smallest absolute Gasteiger partial charge is 0.144 e.